The van der Waals surface area contributed by atoms with Gasteiger partial charge in [0.25, 0.3) is 0 Å². The van der Waals surface area contributed by atoms with Crippen molar-refractivity contribution in [3.63, 3.8) is 0 Å². The molecule has 2 aromatic carbocycles. The molecule has 0 nitrogen and oxygen atoms in total. The quantitative estimate of drug-likeness (QED) is 0.564. The summed E-state index contributed by atoms with van der Waals surface area (Å²) in [4.78, 5) is 0. The second kappa shape index (κ2) is 4.85. The third kappa shape index (κ3) is 2.37. The van der Waals surface area contributed by atoms with Gasteiger partial charge in [-0.15, -0.1) is 0 Å². The molecule has 1 atom stereocenters. The minimum Gasteiger partial charge on any atom is -0.159 e. The van der Waals surface area contributed by atoms with Crippen molar-refractivity contribution >= 4 is 29.6 Å². The van der Waals surface area contributed by atoms with E-state index in [-0.39, 0.29) is 0 Å². The maximum atomic E-state index is 6.63. The van der Waals surface area contributed by atoms with Crippen LogP contribution in [-0.2, 0) is 0 Å². The molecule has 0 spiro atoms. The van der Waals surface area contributed by atoms with Gasteiger partial charge in [0.15, 0.2) is 0 Å². The van der Waals surface area contributed by atoms with Crippen LogP contribution in [0, 0.1) is 13.8 Å². The zero-order chi connectivity index (χ0) is 11.5. The Labute approximate surface area is 103 Å². The molecule has 0 bridgehead atoms. The van der Waals surface area contributed by atoms with Crippen molar-refractivity contribution < 1.29 is 0 Å². The molecule has 2 aromatic rings. The van der Waals surface area contributed by atoms with Gasteiger partial charge in [-0.2, -0.15) is 11.1 Å². The van der Waals surface area contributed by atoms with E-state index in [0.29, 0.717) is 0 Å². The summed E-state index contributed by atoms with van der Waals surface area (Å²) in [5, 5.41) is 2.62. The molecule has 16 heavy (non-hydrogen) atoms. The van der Waals surface area contributed by atoms with Gasteiger partial charge < -0.3 is 0 Å². The molecule has 0 fully saturated rings. The monoisotopic (exact) mass is 246 g/mol. The predicted octanol–water partition coefficient (Wildman–Crippen LogP) is 2.38. The standard InChI is InChI=1S/C14H15ClSi/c1-11-7-9-13(10-8-11)16(15)14-6-4-3-5-12(14)2/h3-10,16H,1-2H3. The first kappa shape index (κ1) is 11.4. The third-order valence-corrected chi connectivity index (χ3v) is 6.46. The Kier molecular flexibility index (Phi) is 3.47. The van der Waals surface area contributed by atoms with E-state index in [0.717, 1.165) is 0 Å². The largest absolute Gasteiger partial charge is 0.202 e. The van der Waals surface area contributed by atoms with Crippen molar-refractivity contribution in [1.82, 2.24) is 0 Å². The fraction of sp³-hybridized carbons (Fsp3) is 0.143. The van der Waals surface area contributed by atoms with E-state index < -0.39 is 8.11 Å². The van der Waals surface area contributed by atoms with Crippen molar-refractivity contribution in [3.05, 3.63) is 59.7 Å². The summed E-state index contributed by atoms with van der Waals surface area (Å²) in [6, 6.07) is 17.0. The SMILES string of the molecule is Cc1ccc([SiH](Cl)c2ccccc2C)cc1. The summed E-state index contributed by atoms with van der Waals surface area (Å²) in [5.74, 6) is 0. The molecule has 0 saturated carbocycles. The topological polar surface area (TPSA) is 0 Å². The Balaban J connectivity index is 2.35. The summed E-state index contributed by atoms with van der Waals surface area (Å²) in [7, 11) is -1.51. The molecule has 82 valence electrons. The number of halogens is 1. The van der Waals surface area contributed by atoms with E-state index in [1.54, 1.807) is 0 Å². The second-order valence-electron chi connectivity index (χ2n) is 4.13. The van der Waals surface area contributed by atoms with E-state index in [1.165, 1.54) is 21.5 Å². The highest BCUT2D eigenvalue weighted by molar-refractivity contribution is 7.21. The molecule has 2 rings (SSSR count). The molecular formula is C14H15ClSi. The fourth-order valence-corrected chi connectivity index (χ4v) is 4.62. The molecular weight excluding hydrogens is 232 g/mol. The number of rotatable bonds is 2. The average Bonchev–Trinajstić information content (AvgIpc) is 2.30. The van der Waals surface area contributed by atoms with Gasteiger partial charge in [0.05, 0.1) is 0 Å². The molecule has 1 unspecified atom stereocenters. The van der Waals surface area contributed by atoms with Crippen molar-refractivity contribution in [2.45, 2.75) is 13.8 Å². The van der Waals surface area contributed by atoms with E-state index >= 15 is 0 Å². The van der Waals surface area contributed by atoms with Gasteiger partial charge in [-0.25, -0.2) is 0 Å². The van der Waals surface area contributed by atoms with E-state index in [2.05, 4.69) is 62.4 Å². The van der Waals surface area contributed by atoms with Crippen LogP contribution in [0.5, 0.6) is 0 Å². The van der Waals surface area contributed by atoms with E-state index in [9.17, 15) is 0 Å². The highest BCUT2D eigenvalue weighted by Crippen LogP contribution is 2.02. The fourth-order valence-electron chi connectivity index (χ4n) is 1.79. The average molecular weight is 247 g/mol. The lowest BCUT2D eigenvalue weighted by Crippen LogP contribution is -2.38. The van der Waals surface area contributed by atoms with Gasteiger partial charge in [0, 0.05) is 0 Å². The second-order valence-corrected chi connectivity index (χ2v) is 7.45. The van der Waals surface area contributed by atoms with Crippen LogP contribution in [0.3, 0.4) is 0 Å². The molecule has 0 heterocycles. The van der Waals surface area contributed by atoms with Gasteiger partial charge in [0.2, 0.25) is 8.11 Å². The summed E-state index contributed by atoms with van der Waals surface area (Å²) in [6.45, 7) is 4.23. The van der Waals surface area contributed by atoms with Crippen molar-refractivity contribution in [2.24, 2.45) is 0 Å². The zero-order valence-electron chi connectivity index (χ0n) is 9.57. The predicted molar refractivity (Wildman–Crippen MR) is 74.6 cm³/mol. The molecule has 0 radical (unpaired) electrons. The van der Waals surface area contributed by atoms with Gasteiger partial charge in [-0.05, 0) is 24.2 Å². The van der Waals surface area contributed by atoms with Gasteiger partial charge in [-0.1, -0.05) is 59.7 Å². The Hall–Kier alpha value is -1.05. The highest BCUT2D eigenvalue weighted by Gasteiger charge is 2.14. The minimum absolute atomic E-state index is 1.28. The Morgan fingerprint density at radius 2 is 1.50 bits per heavy atom. The zero-order valence-corrected chi connectivity index (χ0v) is 11.5. The minimum atomic E-state index is -1.51. The highest BCUT2D eigenvalue weighted by atomic mass is 35.6. The summed E-state index contributed by atoms with van der Waals surface area (Å²) < 4.78 is 0. The summed E-state index contributed by atoms with van der Waals surface area (Å²) in [5.41, 5.74) is 2.58. The van der Waals surface area contributed by atoms with Crippen molar-refractivity contribution in [3.8, 4) is 0 Å². The lowest BCUT2D eigenvalue weighted by atomic mass is 10.2. The molecule has 0 aromatic heterocycles. The van der Waals surface area contributed by atoms with Gasteiger partial charge >= 0.3 is 0 Å². The van der Waals surface area contributed by atoms with Crippen molar-refractivity contribution in [2.75, 3.05) is 0 Å². The summed E-state index contributed by atoms with van der Waals surface area (Å²) >= 11 is 6.63. The van der Waals surface area contributed by atoms with Crippen LogP contribution in [0.2, 0.25) is 0 Å². The smallest absolute Gasteiger partial charge is 0.159 e. The van der Waals surface area contributed by atoms with Gasteiger partial charge in [0.1, 0.15) is 0 Å². The van der Waals surface area contributed by atoms with Crippen LogP contribution < -0.4 is 10.4 Å². The molecule has 0 aliphatic heterocycles. The van der Waals surface area contributed by atoms with Crippen LogP contribution in [0.25, 0.3) is 0 Å². The molecule has 0 aliphatic carbocycles. The van der Waals surface area contributed by atoms with Crippen LogP contribution >= 0.6 is 11.1 Å². The normalized spacial score (nSPS) is 12.4. The van der Waals surface area contributed by atoms with Gasteiger partial charge in [-0.3, -0.25) is 0 Å². The van der Waals surface area contributed by atoms with Crippen LogP contribution in [0.1, 0.15) is 11.1 Å². The lowest BCUT2D eigenvalue weighted by molar-refractivity contribution is 1.49. The molecule has 0 aliphatic rings. The maximum Gasteiger partial charge on any atom is 0.202 e. The Bertz CT molecular complexity index is 476. The molecule has 0 amide bonds. The Morgan fingerprint density at radius 3 is 2.12 bits per heavy atom. The van der Waals surface area contributed by atoms with E-state index in [1.807, 2.05) is 0 Å². The third-order valence-electron chi connectivity index (χ3n) is 2.83. The maximum absolute atomic E-state index is 6.63. The number of benzene rings is 2. The first-order valence-corrected chi connectivity index (χ1v) is 8.34. The van der Waals surface area contributed by atoms with Crippen LogP contribution in [0.4, 0.5) is 0 Å². The first-order valence-electron chi connectivity index (χ1n) is 5.44. The molecule has 0 saturated heterocycles. The first-order chi connectivity index (χ1) is 7.68. The van der Waals surface area contributed by atoms with Crippen molar-refractivity contribution in [1.29, 1.82) is 0 Å². The Morgan fingerprint density at radius 1 is 0.875 bits per heavy atom. The molecule has 2 heteroatoms. The van der Waals surface area contributed by atoms with E-state index in [4.69, 9.17) is 11.1 Å². The lowest BCUT2D eigenvalue weighted by Gasteiger charge is -2.11. The van der Waals surface area contributed by atoms with Crippen LogP contribution in [0.15, 0.2) is 48.5 Å². The van der Waals surface area contributed by atoms with Crippen LogP contribution in [-0.4, -0.2) is 8.11 Å². The summed E-state index contributed by atoms with van der Waals surface area (Å²) in [6.07, 6.45) is 0. The number of aryl methyl sites for hydroxylation is 2. The number of hydrogen-bond donors (Lipinski definition) is 0. The molecule has 0 N–H and O–H groups in total. The number of hydrogen-bond acceptors (Lipinski definition) is 0.